The van der Waals surface area contributed by atoms with Gasteiger partial charge in [0.15, 0.2) is 0 Å². The summed E-state index contributed by atoms with van der Waals surface area (Å²) in [4.78, 5) is 16.3. The van der Waals surface area contributed by atoms with Crippen LogP contribution >= 0.6 is 0 Å². The molecule has 3 heterocycles. The molecule has 138 valence electrons. The topological polar surface area (TPSA) is 73.4 Å². The Morgan fingerprint density at radius 1 is 0.833 bits per heavy atom. The van der Waals surface area contributed by atoms with E-state index in [-0.39, 0.29) is 6.03 Å². The monoisotopic (exact) mass is 360 g/mol. The Balaban J connectivity index is 1.52. The van der Waals surface area contributed by atoms with Gasteiger partial charge in [-0.25, -0.2) is 4.79 Å². The van der Waals surface area contributed by atoms with Crippen molar-refractivity contribution in [1.82, 2.24) is 18.4 Å². The van der Waals surface area contributed by atoms with Gasteiger partial charge in [0.2, 0.25) is 0 Å². The number of nitrogens with zero attached hydrogens (tertiary/aromatic N) is 4. The number of carbonyl (C=O) groups is 1. The summed E-state index contributed by atoms with van der Waals surface area (Å²) in [6.45, 7) is 7.24. The third-order valence-electron chi connectivity index (χ3n) is 5.19. The molecule has 0 radical (unpaired) electrons. The van der Waals surface area contributed by atoms with Crippen molar-refractivity contribution in [3.63, 3.8) is 0 Å². The predicted molar refractivity (Wildman–Crippen MR) is 89.8 cm³/mol. The lowest BCUT2D eigenvalue weighted by Crippen LogP contribution is -2.58. The molecule has 9 heteroatoms. The van der Waals surface area contributed by atoms with Crippen LogP contribution in [0.15, 0.2) is 0 Å². The number of hydrogen-bond acceptors (Lipinski definition) is 4. The molecular formula is C15H28N4O4S. The van der Waals surface area contributed by atoms with Crippen LogP contribution < -0.4 is 0 Å². The highest BCUT2D eigenvalue weighted by Crippen LogP contribution is 2.19. The van der Waals surface area contributed by atoms with Gasteiger partial charge in [-0.3, -0.25) is 0 Å². The van der Waals surface area contributed by atoms with E-state index in [1.165, 1.54) is 8.61 Å². The number of rotatable bonds is 2. The molecule has 3 rings (SSSR count). The zero-order valence-electron chi connectivity index (χ0n) is 14.4. The number of morpholine rings is 1. The molecule has 0 N–H and O–H groups in total. The molecule has 0 saturated carbocycles. The first-order valence-corrected chi connectivity index (χ1v) is 10.2. The molecule has 0 unspecified atom stereocenters. The fraction of sp³-hybridized carbons (Fsp3) is 0.933. The third-order valence-corrected chi connectivity index (χ3v) is 7.22. The molecule has 0 atom stereocenters. The van der Waals surface area contributed by atoms with E-state index in [1.807, 2.05) is 4.90 Å². The zero-order chi connectivity index (χ0) is 17.2. The molecule has 3 aliphatic rings. The summed E-state index contributed by atoms with van der Waals surface area (Å²) in [7, 11) is -3.43. The number of ether oxygens (including phenoxy) is 1. The van der Waals surface area contributed by atoms with Crippen LogP contribution in [0.1, 0.15) is 19.8 Å². The van der Waals surface area contributed by atoms with Crippen molar-refractivity contribution in [2.75, 3.05) is 65.6 Å². The van der Waals surface area contributed by atoms with Gasteiger partial charge in [0, 0.05) is 52.4 Å². The molecule has 0 aromatic heterocycles. The van der Waals surface area contributed by atoms with Crippen LogP contribution in [0.4, 0.5) is 4.79 Å². The van der Waals surface area contributed by atoms with Crippen LogP contribution in [0, 0.1) is 5.92 Å². The van der Waals surface area contributed by atoms with Crippen LogP contribution in [0.25, 0.3) is 0 Å². The smallest absolute Gasteiger partial charge is 0.320 e. The summed E-state index contributed by atoms with van der Waals surface area (Å²) in [5.41, 5.74) is 0. The zero-order valence-corrected chi connectivity index (χ0v) is 15.2. The van der Waals surface area contributed by atoms with Crippen LogP contribution in [0.3, 0.4) is 0 Å². The lowest BCUT2D eigenvalue weighted by molar-refractivity contribution is 0.0684. The highest BCUT2D eigenvalue weighted by molar-refractivity contribution is 7.86. The summed E-state index contributed by atoms with van der Waals surface area (Å²) in [6, 6.07) is 0.0605. The Kier molecular flexibility index (Phi) is 5.63. The second kappa shape index (κ2) is 7.55. The average molecular weight is 360 g/mol. The minimum atomic E-state index is -3.43. The number of piperidine rings is 1. The molecule has 24 heavy (non-hydrogen) atoms. The van der Waals surface area contributed by atoms with Gasteiger partial charge in [-0.2, -0.15) is 17.0 Å². The maximum atomic E-state index is 12.6. The highest BCUT2D eigenvalue weighted by atomic mass is 32.2. The first-order chi connectivity index (χ1) is 11.5. The van der Waals surface area contributed by atoms with E-state index >= 15 is 0 Å². The lowest BCUT2D eigenvalue weighted by atomic mass is 9.99. The van der Waals surface area contributed by atoms with Crippen molar-refractivity contribution in [2.24, 2.45) is 5.92 Å². The van der Waals surface area contributed by atoms with E-state index in [9.17, 15) is 13.2 Å². The maximum Gasteiger partial charge on any atom is 0.320 e. The van der Waals surface area contributed by atoms with E-state index in [0.717, 1.165) is 25.9 Å². The van der Waals surface area contributed by atoms with Gasteiger partial charge in [-0.05, 0) is 18.8 Å². The molecule has 3 aliphatic heterocycles. The molecule has 2 amide bonds. The molecule has 3 fully saturated rings. The van der Waals surface area contributed by atoms with Crippen LogP contribution in [-0.2, 0) is 14.9 Å². The predicted octanol–water partition coefficient (Wildman–Crippen LogP) is 0.0329. The molecule has 0 aromatic rings. The summed E-state index contributed by atoms with van der Waals surface area (Å²) in [5, 5.41) is 0. The van der Waals surface area contributed by atoms with Crippen molar-refractivity contribution >= 4 is 16.2 Å². The summed E-state index contributed by atoms with van der Waals surface area (Å²) in [6.07, 6.45) is 2.11. The number of carbonyl (C=O) groups excluding carboxylic acids is 1. The normalized spacial score (nSPS) is 25.9. The van der Waals surface area contributed by atoms with E-state index < -0.39 is 10.2 Å². The molecular weight excluding hydrogens is 332 g/mol. The van der Waals surface area contributed by atoms with E-state index in [0.29, 0.717) is 58.4 Å². The third kappa shape index (κ3) is 3.84. The summed E-state index contributed by atoms with van der Waals surface area (Å²) >= 11 is 0. The molecule has 0 bridgehead atoms. The van der Waals surface area contributed by atoms with Crippen molar-refractivity contribution in [3.8, 4) is 0 Å². The van der Waals surface area contributed by atoms with Gasteiger partial charge >= 0.3 is 6.03 Å². The van der Waals surface area contributed by atoms with Crippen LogP contribution in [0.2, 0.25) is 0 Å². The number of piperazine rings is 1. The Morgan fingerprint density at radius 2 is 1.33 bits per heavy atom. The van der Waals surface area contributed by atoms with Gasteiger partial charge in [0.05, 0.1) is 13.2 Å². The van der Waals surface area contributed by atoms with Crippen LogP contribution in [-0.4, -0.2) is 98.4 Å². The molecule has 0 spiro atoms. The largest absolute Gasteiger partial charge is 0.379 e. The van der Waals surface area contributed by atoms with Crippen molar-refractivity contribution in [3.05, 3.63) is 0 Å². The Morgan fingerprint density at radius 3 is 1.92 bits per heavy atom. The Bertz CT molecular complexity index is 534. The minimum Gasteiger partial charge on any atom is -0.379 e. The number of urea groups is 1. The minimum absolute atomic E-state index is 0.0605. The Labute approximate surface area is 144 Å². The standard InChI is InChI=1S/C15H28N4O4S/c1-14-2-4-16(5-3-14)15(20)17-6-8-18(9-7-17)24(21,22)19-10-12-23-13-11-19/h14H,2-13H2,1H3. The summed E-state index contributed by atoms with van der Waals surface area (Å²) in [5.74, 6) is 0.685. The van der Waals surface area contributed by atoms with E-state index in [4.69, 9.17) is 4.74 Å². The molecule has 0 aromatic carbocycles. The number of likely N-dealkylation sites (tertiary alicyclic amines) is 1. The number of amides is 2. The maximum absolute atomic E-state index is 12.6. The van der Waals surface area contributed by atoms with Crippen molar-refractivity contribution in [2.45, 2.75) is 19.8 Å². The first kappa shape index (κ1) is 17.9. The van der Waals surface area contributed by atoms with E-state index in [2.05, 4.69) is 6.92 Å². The summed E-state index contributed by atoms with van der Waals surface area (Å²) < 4.78 is 33.5. The van der Waals surface area contributed by atoms with Gasteiger partial charge in [-0.15, -0.1) is 0 Å². The molecule has 0 aliphatic carbocycles. The van der Waals surface area contributed by atoms with Gasteiger partial charge in [0.25, 0.3) is 10.2 Å². The van der Waals surface area contributed by atoms with Crippen LogP contribution in [0.5, 0.6) is 0 Å². The highest BCUT2D eigenvalue weighted by Gasteiger charge is 2.35. The Hall–Kier alpha value is -0.900. The fourth-order valence-corrected chi connectivity index (χ4v) is 5.01. The van der Waals surface area contributed by atoms with Crippen molar-refractivity contribution in [1.29, 1.82) is 0 Å². The van der Waals surface area contributed by atoms with E-state index in [1.54, 1.807) is 4.90 Å². The second-order valence-electron chi connectivity index (χ2n) is 6.86. The quantitative estimate of drug-likeness (QED) is 0.697. The lowest BCUT2D eigenvalue weighted by Gasteiger charge is -2.40. The van der Waals surface area contributed by atoms with Gasteiger partial charge in [-0.1, -0.05) is 6.92 Å². The number of hydrogen-bond donors (Lipinski definition) is 0. The van der Waals surface area contributed by atoms with Crippen molar-refractivity contribution < 1.29 is 17.9 Å². The first-order valence-electron chi connectivity index (χ1n) is 8.85. The second-order valence-corrected chi connectivity index (χ2v) is 8.79. The SMILES string of the molecule is CC1CCN(C(=O)N2CCN(S(=O)(=O)N3CCOCC3)CC2)CC1. The average Bonchev–Trinajstić information content (AvgIpc) is 2.62. The molecule has 8 nitrogen and oxygen atoms in total. The van der Waals surface area contributed by atoms with Gasteiger partial charge < -0.3 is 14.5 Å². The van der Waals surface area contributed by atoms with Gasteiger partial charge in [0.1, 0.15) is 0 Å². The molecule has 3 saturated heterocycles. The fourth-order valence-electron chi connectivity index (χ4n) is 3.45.